The average Bonchev–Trinajstić information content (AvgIpc) is 2.96. The van der Waals surface area contributed by atoms with Crippen molar-refractivity contribution in [1.82, 2.24) is 14.9 Å². The largest absolute Gasteiger partial charge is 0.467 e. The summed E-state index contributed by atoms with van der Waals surface area (Å²) >= 11 is 0. The minimum atomic E-state index is -0.637. The number of rotatable bonds is 6. The summed E-state index contributed by atoms with van der Waals surface area (Å²) in [7, 11) is 0. The molecule has 2 aromatic heterocycles. The van der Waals surface area contributed by atoms with Gasteiger partial charge in [-0.15, -0.1) is 0 Å². The molecule has 118 valence electrons. The van der Waals surface area contributed by atoms with Gasteiger partial charge in [-0.25, -0.2) is 4.79 Å². The van der Waals surface area contributed by atoms with Crippen LogP contribution in [0.15, 0.2) is 38.6 Å². The molecular weight excluding hydrogens is 286 g/mol. The molecule has 0 saturated heterocycles. The molecule has 0 bridgehead atoms. The van der Waals surface area contributed by atoms with Gasteiger partial charge in [0.05, 0.1) is 12.8 Å². The molecule has 7 nitrogen and oxygen atoms in total. The van der Waals surface area contributed by atoms with Gasteiger partial charge >= 0.3 is 5.69 Å². The van der Waals surface area contributed by atoms with Crippen molar-refractivity contribution < 1.29 is 9.21 Å². The first-order valence-electron chi connectivity index (χ1n) is 7.12. The van der Waals surface area contributed by atoms with Gasteiger partial charge in [0.15, 0.2) is 0 Å². The summed E-state index contributed by atoms with van der Waals surface area (Å²) in [5, 5.41) is 2.68. The third-order valence-electron chi connectivity index (χ3n) is 3.21. The number of carbonyl (C=O) groups is 1. The van der Waals surface area contributed by atoms with Gasteiger partial charge < -0.3 is 14.7 Å². The molecule has 0 aliphatic heterocycles. The van der Waals surface area contributed by atoms with E-state index >= 15 is 0 Å². The molecule has 2 N–H and O–H groups in total. The third kappa shape index (κ3) is 3.75. The predicted molar refractivity (Wildman–Crippen MR) is 80.9 cm³/mol. The molecule has 0 aliphatic carbocycles. The Morgan fingerprint density at radius 2 is 2.18 bits per heavy atom. The van der Waals surface area contributed by atoms with Crippen molar-refractivity contribution in [1.29, 1.82) is 0 Å². The van der Waals surface area contributed by atoms with E-state index in [0.717, 1.165) is 17.2 Å². The van der Waals surface area contributed by atoms with Crippen molar-refractivity contribution in [3.8, 4) is 0 Å². The Hall–Kier alpha value is -2.57. The van der Waals surface area contributed by atoms with Gasteiger partial charge in [0.1, 0.15) is 11.3 Å². The predicted octanol–water partition coefficient (Wildman–Crippen LogP) is 0.954. The van der Waals surface area contributed by atoms with Crippen LogP contribution in [0.2, 0.25) is 0 Å². The molecular formula is C15H19N3O4. The molecule has 0 atom stereocenters. The van der Waals surface area contributed by atoms with E-state index in [0.29, 0.717) is 18.2 Å². The average molecular weight is 305 g/mol. The van der Waals surface area contributed by atoms with E-state index in [1.165, 1.54) is 6.26 Å². The second-order valence-corrected chi connectivity index (χ2v) is 5.42. The molecule has 7 heteroatoms. The highest BCUT2D eigenvalue weighted by Crippen LogP contribution is 2.00. The summed E-state index contributed by atoms with van der Waals surface area (Å²) in [5.74, 6) is 0.423. The lowest BCUT2D eigenvalue weighted by Crippen LogP contribution is -2.41. The second kappa shape index (κ2) is 6.93. The van der Waals surface area contributed by atoms with Crippen LogP contribution in [-0.4, -0.2) is 22.0 Å². The number of hydrogen-bond donors (Lipinski definition) is 2. The monoisotopic (exact) mass is 305 g/mol. The van der Waals surface area contributed by atoms with Crippen molar-refractivity contribution in [2.75, 3.05) is 6.54 Å². The Morgan fingerprint density at radius 1 is 1.41 bits per heavy atom. The normalized spacial score (nSPS) is 10.9. The standard InChI is InChI=1S/C15H19N3O4/c1-10(2)5-6-16-13(19)12-8-17-15(21)18(14(12)20)9-11-4-3-7-22-11/h3-4,7-8,10H,5-6,9H2,1-2H3,(H,16,19)(H,17,21). The molecule has 0 aromatic carbocycles. The highest BCUT2D eigenvalue weighted by atomic mass is 16.3. The van der Waals surface area contributed by atoms with Gasteiger partial charge in [0, 0.05) is 12.7 Å². The van der Waals surface area contributed by atoms with E-state index in [4.69, 9.17) is 4.42 Å². The number of H-pyrrole nitrogens is 1. The second-order valence-electron chi connectivity index (χ2n) is 5.42. The van der Waals surface area contributed by atoms with Crippen LogP contribution < -0.4 is 16.6 Å². The summed E-state index contributed by atoms with van der Waals surface area (Å²) in [6, 6.07) is 3.32. The van der Waals surface area contributed by atoms with Crippen LogP contribution in [0.5, 0.6) is 0 Å². The number of nitrogens with one attached hydrogen (secondary N) is 2. The molecule has 0 radical (unpaired) electrons. The summed E-state index contributed by atoms with van der Waals surface area (Å²) in [4.78, 5) is 38.5. The Bertz CT molecular complexity index is 741. The van der Waals surface area contributed by atoms with Crippen LogP contribution in [-0.2, 0) is 6.54 Å². The van der Waals surface area contributed by atoms with Crippen molar-refractivity contribution in [2.24, 2.45) is 5.92 Å². The zero-order valence-electron chi connectivity index (χ0n) is 12.6. The lowest BCUT2D eigenvalue weighted by Gasteiger charge is -2.08. The van der Waals surface area contributed by atoms with Gasteiger partial charge in [0.2, 0.25) is 0 Å². The molecule has 0 saturated carbocycles. The maximum Gasteiger partial charge on any atom is 0.328 e. The zero-order valence-corrected chi connectivity index (χ0v) is 12.6. The van der Waals surface area contributed by atoms with E-state index in [1.807, 2.05) is 13.8 Å². The number of aromatic amines is 1. The smallest absolute Gasteiger partial charge is 0.328 e. The molecule has 0 spiro atoms. The lowest BCUT2D eigenvalue weighted by atomic mass is 10.1. The van der Waals surface area contributed by atoms with Crippen LogP contribution >= 0.6 is 0 Å². The number of nitrogens with zero attached hydrogens (tertiary/aromatic N) is 1. The van der Waals surface area contributed by atoms with Crippen molar-refractivity contribution in [3.63, 3.8) is 0 Å². The van der Waals surface area contributed by atoms with E-state index in [-0.39, 0.29) is 12.1 Å². The topological polar surface area (TPSA) is 97.1 Å². The maximum absolute atomic E-state index is 12.3. The summed E-state index contributed by atoms with van der Waals surface area (Å²) < 4.78 is 6.07. The van der Waals surface area contributed by atoms with E-state index < -0.39 is 17.2 Å². The molecule has 1 amide bonds. The Labute approximate surface area is 127 Å². The quantitative estimate of drug-likeness (QED) is 0.830. The van der Waals surface area contributed by atoms with Crippen molar-refractivity contribution in [3.05, 3.63) is 56.8 Å². The Kier molecular flexibility index (Phi) is 4.98. The first kappa shape index (κ1) is 15.8. The van der Waals surface area contributed by atoms with Gasteiger partial charge in [-0.3, -0.25) is 14.2 Å². The van der Waals surface area contributed by atoms with Crippen molar-refractivity contribution >= 4 is 5.91 Å². The van der Waals surface area contributed by atoms with Gasteiger partial charge in [0.25, 0.3) is 11.5 Å². The van der Waals surface area contributed by atoms with Crippen LogP contribution in [0.3, 0.4) is 0 Å². The SMILES string of the molecule is CC(C)CCNC(=O)c1c[nH]c(=O)n(Cc2ccco2)c1=O. The van der Waals surface area contributed by atoms with Gasteiger partial charge in [-0.2, -0.15) is 0 Å². The third-order valence-corrected chi connectivity index (χ3v) is 3.21. The zero-order chi connectivity index (χ0) is 16.1. The Balaban J connectivity index is 2.21. The van der Waals surface area contributed by atoms with Gasteiger partial charge in [-0.05, 0) is 24.5 Å². The summed E-state index contributed by atoms with van der Waals surface area (Å²) in [6.45, 7) is 4.55. The number of hydrogen-bond acceptors (Lipinski definition) is 4. The maximum atomic E-state index is 12.3. The van der Waals surface area contributed by atoms with Crippen LogP contribution in [0.4, 0.5) is 0 Å². The molecule has 0 aliphatic rings. The van der Waals surface area contributed by atoms with E-state index in [2.05, 4.69) is 10.3 Å². The molecule has 22 heavy (non-hydrogen) atoms. The van der Waals surface area contributed by atoms with Gasteiger partial charge in [-0.1, -0.05) is 13.8 Å². The number of amides is 1. The highest BCUT2D eigenvalue weighted by molar-refractivity contribution is 5.93. The summed E-state index contributed by atoms with van der Waals surface area (Å²) in [5.41, 5.74) is -1.31. The fraction of sp³-hybridized carbons (Fsp3) is 0.400. The fourth-order valence-corrected chi connectivity index (χ4v) is 1.95. The van der Waals surface area contributed by atoms with Crippen LogP contribution in [0.25, 0.3) is 0 Å². The van der Waals surface area contributed by atoms with Crippen molar-refractivity contribution in [2.45, 2.75) is 26.8 Å². The number of carbonyl (C=O) groups excluding carboxylic acids is 1. The first-order chi connectivity index (χ1) is 10.5. The molecule has 2 rings (SSSR count). The Morgan fingerprint density at radius 3 is 2.82 bits per heavy atom. The van der Waals surface area contributed by atoms with E-state index in [1.54, 1.807) is 12.1 Å². The van der Waals surface area contributed by atoms with E-state index in [9.17, 15) is 14.4 Å². The highest BCUT2D eigenvalue weighted by Gasteiger charge is 2.15. The minimum Gasteiger partial charge on any atom is -0.467 e. The first-order valence-corrected chi connectivity index (χ1v) is 7.12. The van der Waals surface area contributed by atoms with Crippen LogP contribution in [0.1, 0.15) is 36.4 Å². The molecule has 0 unspecified atom stereocenters. The molecule has 2 heterocycles. The lowest BCUT2D eigenvalue weighted by molar-refractivity contribution is 0.0949. The number of furan rings is 1. The fourth-order valence-electron chi connectivity index (χ4n) is 1.95. The number of aromatic nitrogens is 2. The minimum absolute atomic E-state index is 0.0196. The molecule has 2 aromatic rings. The molecule has 0 fully saturated rings. The summed E-state index contributed by atoms with van der Waals surface area (Å²) in [6.07, 6.45) is 3.42. The van der Waals surface area contributed by atoms with Crippen LogP contribution in [0, 0.1) is 5.92 Å².